The van der Waals surface area contributed by atoms with Crippen LogP contribution in [-0.4, -0.2) is 28.0 Å². The maximum atomic E-state index is 12.8. The molecule has 3 rings (SSSR count). The third-order valence-electron chi connectivity index (χ3n) is 4.35. The Morgan fingerprint density at radius 1 is 1.43 bits per heavy atom. The van der Waals surface area contributed by atoms with Gasteiger partial charge in [0, 0.05) is 25.6 Å². The van der Waals surface area contributed by atoms with Crippen molar-refractivity contribution in [2.24, 2.45) is 5.73 Å². The highest BCUT2D eigenvalue weighted by molar-refractivity contribution is 7.20. The fourth-order valence-electron chi connectivity index (χ4n) is 2.97. The van der Waals surface area contributed by atoms with E-state index in [9.17, 15) is 9.59 Å². The predicted octanol–water partition coefficient (Wildman–Crippen LogP) is 1.57. The van der Waals surface area contributed by atoms with Gasteiger partial charge in [-0.05, 0) is 32.3 Å². The van der Waals surface area contributed by atoms with Crippen molar-refractivity contribution in [3.63, 3.8) is 0 Å². The normalized spacial score (nSPS) is 16.0. The minimum atomic E-state index is -0.178. The highest BCUT2D eigenvalue weighted by Gasteiger charge is 2.22. The lowest BCUT2D eigenvalue weighted by atomic mass is 10.2. The molecule has 1 aliphatic rings. The van der Waals surface area contributed by atoms with Crippen molar-refractivity contribution in [2.75, 3.05) is 6.54 Å². The first-order chi connectivity index (χ1) is 11.0. The van der Waals surface area contributed by atoms with Crippen molar-refractivity contribution in [1.29, 1.82) is 0 Å². The number of nitrogens with two attached hydrogens (primary N) is 1. The van der Waals surface area contributed by atoms with E-state index in [4.69, 9.17) is 5.73 Å². The zero-order valence-corrected chi connectivity index (χ0v) is 14.3. The number of hydrogen-bond donors (Lipinski definition) is 2. The van der Waals surface area contributed by atoms with Gasteiger partial charge in [-0.15, -0.1) is 11.3 Å². The largest absolute Gasteiger partial charge is 0.348 e. The lowest BCUT2D eigenvalue weighted by Gasteiger charge is -2.10. The van der Waals surface area contributed by atoms with Crippen LogP contribution in [-0.2, 0) is 13.0 Å². The lowest BCUT2D eigenvalue weighted by Crippen LogP contribution is -2.37. The summed E-state index contributed by atoms with van der Waals surface area (Å²) in [6.45, 7) is 4.78. The van der Waals surface area contributed by atoms with Crippen LogP contribution in [0.3, 0.4) is 0 Å². The molecule has 0 saturated heterocycles. The minimum Gasteiger partial charge on any atom is -0.348 e. The molecule has 0 radical (unpaired) electrons. The SMILES string of the molecule is Cc1c(C(=O)N[C@@H](C)CN)sc2nc3n(c(=O)c12)CCCCC3. The second-order valence-corrected chi connectivity index (χ2v) is 7.14. The molecule has 0 bridgehead atoms. The highest BCUT2D eigenvalue weighted by atomic mass is 32.1. The Morgan fingerprint density at radius 3 is 2.96 bits per heavy atom. The summed E-state index contributed by atoms with van der Waals surface area (Å²) in [5.74, 6) is 0.673. The fourth-order valence-corrected chi connectivity index (χ4v) is 4.07. The van der Waals surface area contributed by atoms with Gasteiger partial charge in [-0.3, -0.25) is 14.2 Å². The van der Waals surface area contributed by atoms with E-state index in [2.05, 4.69) is 10.3 Å². The van der Waals surface area contributed by atoms with Gasteiger partial charge in [0.2, 0.25) is 0 Å². The van der Waals surface area contributed by atoms with Crippen LogP contribution >= 0.6 is 11.3 Å². The first-order valence-electron chi connectivity index (χ1n) is 8.06. The number of carbonyl (C=O) groups is 1. The molecule has 6 nitrogen and oxygen atoms in total. The number of nitrogens with zero attached hydrogens (tertiary/aromatic N) is 2. The highest BCUT2D eigenvalue weighted by Crippen LogP contribution is 2.28. The molecule has 2 aromatic heterocycles. The number of thiophene rings is 1. The number of amides is 1. The molecule has 0 aromatic carbocycles. The molecule has 0 aliphatic carbocycles. The molecular weight excluding hydrogens is 312 g/mol. The fraction of sp³-hybridized carbons (Fsp3) is 0.562. The zero-order valence-electron chi connectivity index (χ0n) is 13.5. The van der Waals surface area contributed by atoms with Crippen LogP contribution in [0.25, 0.3) is 10.2 Å². The van der Waals surface area contributed by atoms with Crippen LogP contribution < -0.4 is 16.6 Å². The van der Waals surface area contributed by atoms with Gasteiger partial charge in [0.25, 0.3) is 11.5 Å². The molecule has 2 aromatic rings. The Hall–Kier alpha value is -1.73. The molecule has 1 amide bonds. The van der Waals surface area contributed by atoms with Crippen molar-refractivity contribution in [2.45, 2.75) is 52.1 Å². The van der Waals surface area contributed by atoms with Crippen LogP contribution in [0.15, 0.2) is 4.79 Å². The zero-order chi connectivity index (χ0) is 16.6. The van der Waals surface area contributed by atoms with E-state index in [0.29, 0.717) is 21.6 Å². The van der Waals surface area contributed by atoms with E-state index in [1.807, 2.05) is 13.8 Å². The number of aromatic nitrogens is 2. The van der Waals surface area contributed by atoms with E-state index in [-0.39, 0.29) is 17.5 Å². The second kappa shape index (κ2) is 6.41. The van der Waals surface area contributed by atoms with Gasteiger partial charge in [0.1, 0.15) is 10.7 Å². The van der Waals surface area contributed by atoms with Gasteiger partial charge < -0.3 is 11.1 Å². The average molecular weight is 334 g/mol. The van der Waals surface area contributed by atoms with Gasteiger partial charge in [-0.1, -0.05) is 6.42 Å². The Bertz CT molecular complexity index is 808. The summed E-state index contributed by atoms with van der Waals surface area (Å²) in [6.07, 6.45) is 4.02. The summed E-state index contributed by atoms with van der Waals surface area (Å²) < 4.78 is 1.79. The van der Waals surface area contributed by atoms with Crippen LogP contribution in [0.5, 0.6) is 0 Å². The Morgan fingerprint density at radius 2 is 2.22 bits per heavy atom. The van der Waals surface area contributed by atoms with E-state index < -0.39 is 0 Å². The Labute approximate surface area is 138 Å². The number of rotatable bonds is 3. The quantitative estimate of drug-likeness (QED) is 0.891. The maximum absolute atomic E-state index is 12.8. The first kappa shape index (κ1) is 16.1. The maximum Gasteiger partial charge on any atom is 0.262 e. The molecule has 1 aliphatic heterocycles. The van der Waals surface area contributed by atoms with Crippen molar-refractivity contribution in [1.82, 2.24) is 14.9 Å². The van der Waals surface area contributed by atoms with Gasteiger partial charge in [-0.2, -0.15) is 0 Å². The van der Waals surface area contributed by atoms with Gasteiger partial charge >= 0.3 is 0 Å². The molecule has 0 saturated carbocycles. The molecule has 0 unspecified atom stereocenters. The van der Waals surface area contributed by atoms with Crippen molar-refractivity contribution in [3.8, 4) is 0 Å². The van der Waals surface area contributed by atoms with E-state index in [1.54, 1.807) is 4.57 Å². The summed E-state index contributed by atoms with van der Waals surface area (Å²) in [4.78, 5) is 31.1. The number of fused-ring (bicyclic) bond motifs is 2. The standard InChI is InChI=1S/C16H22N4O2S/c1-9(8-17)18-14(21)13-10(2)12-15(23-13)19-11-6-4-3-5-7-20(11)16(12)22/h9H,3-8,17H2,1-2H3,(H,18,21)/t9-/m0/s1. The van der Waals surface area contributed by atoms with Crippen molar-refractivity contribution < 1.29 is 4.79 Å². The summed E-state index contributed by atoms with van der Waals surface area (Å²) in [5, 5.41) is 3.45. The van der Waals surface area contributed by atoms with Gasteiger partial charge in [0.15, 0.2) is 0 Å². The first-order valence-corrected chi connectivity index (χ1v) is 8.88. The van der Waals surface area contributed by atoms with Gasteiger partial charge in [-0.25, -0.2) is 4.98 Å². The van der Waals surface area contributed by atoms with Crippen LogP contribution in [0.2, 0.25) is 0 Å². The monoisotopic (exact) mass is 334 g/mol. The minimum absolute atomic E-state index is 0.00780. The van der Waals surface area contributed by atoms with Crippen LogP contribution in [0.4, 0.5) is 0 Å². The Balaban J connectivity index is 2.10. The van der Waals surface area contributed by atoms with Crippen molar-refractivity contribution in [3.05, 3.63) is 26.6 Å². The average Bonchev–Trinajstić information content (AvgIpc) is 2.71. The molecule has 0 fully saturated rings. The summed E-state index contributed by atoms with van der Waals surface area (Å²) >= 11 is 1.30. The topological polar surface area (TPSA) is 90.0 Å². The molecular formula is C16H22N4O2S. The summed E-state index contributed by atoms with van der Waals surface area (Å²) in [6, 6.07) is -0.0992. The van der Waals surface area contributed by atoms with Gasteiger partial charge in [0.05, 0.1) is 10.3 Å². The second-order valence-electron chi connectivity index (χ2n) is 6.14. The smallest absolute Gasteiger partial charge is 0.262 e. The number of hydrogen-bond acceptors (Lipinski definition) is 5. The molecule has 0 spiro atoms. The molecule has 124 valence electrons. The summed E-state index contributed by atoms with van der Waals surface area (Å²) in [5.41, 5.74) is 6.27. The number of carbonyl (C=O) groups excluding carboxylic acids is 1. The number of aryl methyl sites for hydroxylation is 2. The van der Waals surface area contributed by atoms with Crippen LogP contribution in [0.1, 0.15) is 47.2 Å². The third kappa shape index (κ3) is 2.90. The molecule has 1 atom stereocenters. The van der Waals surface area contributed by atoms with Crippen molar-refractivity contribution >= 4 is 27.5 Å². The van der Waals surface area contributed by atoms with E-state index in [1.165, 1.54) is 11.3 Å². The van der Waals surface area contributed by atoms with E-state index >= 15 is 0 Å². The summed E-state index contributed by atoms with van der Waals surface area (Å²) in [7, 11) is 0. The number of nitrogens with one attached hydrogen (secondary N) is 1. The Kier molecular flexibility index (Phi) is 4.50. The molecule has 3 N–H and O–H groups in total. The molecule has 3 heterocycles. The predicted molar refractivity (Wildman–Crippen MR) is 92.2 cm³/mol. The lowest BCUT2D eigenvalue weighted by molar-refractivity contribution is 0.0945. The molecule has 7 heteroatoms. The third-order valence-corrected chi connectivity index (χ3v) is 5.53. The van der Waals surface area contributed by atoms with E-state index in [0.717, 1.165) is 43.6 Å². The molecule has 23 heavy (non-hydrogen) atoms. The van der Waals surface area contributed by atoms with Crippen LogP contribution in [0, 0.1) is 6.92 Å².